The summed E-state index contributed by atoms with van der Waals surface area (Å²) >= 11 is 1.53. The average molecular weight is 345 g/mol. The van der Waals surface area contributed by atoms with E-state index in [0.717, 1.165) is 10.5 Å². The molecule has 24 heavy (non-hydrogen) atoms. The molecule has 6 heteroatoms. The van der Waals surface area contributed by atoms with Crippen LogP contribution in [-0.2, 0) is 9.53 Å². The molecule has 0 saturated carbocycles. The lowest BCUT2D eigenvalue weighted by atomic mass is 10.1. The molecule has 0 spiro atoms. The second-order valence-corrected chi connectivity index (χ2v) is 5.88. The molecule has 5 nitrogen and oxygen atoms in total. The van der Waals surface area contributed by atoms with Crippen LogP contribution >= 0.6 is 11.8 Å². The Balaban J connectivity index is 1.99. The van der Waals surface area contributed by atoms with Crippen LogP contribution in [0.4, 0.5) is 5.69 Å². The van der Waals surface area contributed by atoms with Crippen molar-refractivity contribution < 1.29 is 19.1 Å². The van der Waals surface area contributed by atoms with Gasteiger partial charge in [-0.3, -0.25) is 4.79 Å². The van der Waals surface area contributed by atoms with Gasteiger partial charge in [-0.05, 0) is 37.4 Å². The van der Waals surface area contributed by atoms with Crippen LogP contribution in [0.15, 0.2) is 47.4 Å². The number of carbonyl (C=O) groups is 2. The molecule has 0 aliphatic carbocycles. The highest BCUT2D eigenvalue weighted by atomic mass is 32.2. The Morgan fingerprint density at radius 1 is 1.17 bits per heavy atom. The molecule has 0 unspecified atom stereocenters. The van der Waals surface area contributed by atoms with Gasteiger partial charge in [0.1, 0.15) is 11.3 Å². The molecular weight excluding hydrogens is 326 g/mol. The molecule has 2 rings (SSSR count). The molecule has 0 fully saturated rings. The molecule has 0 bridgehead atoms. The average Bonchev–Trinajstić information content (AvgIpc) is 2.60. The van der Waals surface area contributed by atoms with Gasteiger partial charge in [0.25, 0.3) is 5.91 Å². The Labute approximate surface area is 145 Å². The molecule has 0 radical (unpaired) electrons. The van der Waals surface area contributed by atoms with Crippen molar-refractivity contribution in [2.45, 2.75) is 11.8 Å². The van der Waals surface area contributed by atoms with Gasteiger partial charge in [-0.1, -0.05) is 23.8 Å². The molecule has 126 valence electrons. The lowest BCUT2D eigenvalue weighted by molar-refractivity contribution is -0.119. The van der Waals surface area contributed by atoms with Gasteiger partial charge < -0.3 is 14.8 Å². The predicted octanol–water partition coefficient (Wildman–Crippen LogP) is 3.52. The maximum Gasteiger partial charge on any atom is 0.342 e. The maximum atomic E-state index is 12.2. The van der Waals surface area contributed by atoms with E-state index in [4.69, 9.17) is 9.47 Å². The molecule has 1 N–H and O–H groups in total. The van der Waals surface area contributed by atoms with Crippen LogP contribution in [0.25, 0.3) is 0 Å². The summed E-state index contributed by atoms with van der Waals surface area (Å²) in [5.41, 5.74) is 1.90. The molecule has 2 aromatic carbocycles. The Bertz CT molecular complexity index is 746. The van der Waals surface area contributed by atoms with Crippen LogP contribution in [0.1, 0.15) is 15.9 Å². The molecule has 0 aromatic heterocycles. The smallest absolute Gasteiger partial charge is 0.342 e. The molecule has 1 amide bonds. The normalized spacial score (nSPS) is 10.1. The Hall–Kier alpha value is -2.47. The van der Waals surface area contributed by atoms with E-state index in [2.05, 4.69) is 5.32 Å². The number of amides is 1. The van der Waals surface area contributed by atoms with Crippen LogP contribution in [0.2, 0.25) is 0 Å². The van der Waals surface area contributed by atoms with Gasteiger partial charge in [0, 0.05) is 4.90 Å². The van der Waals surface area contributed by atoms with E-state index in [0.29, 0.717) is 17.0 Å². The van der Waals surface area contributed by atoms with Crippen LogP contribution in [-0.4, -0.2) is 31.8 Å². The van der Waals surface area contributed by atoms with E-state index in [9.17, 15) is 9.59 Å². The zero-order chi connectivity index (χ0) is 17.5. The van der Waals surface area contributed by atoms with Gasteiger partial charge in [-0.2, -0.15) is 0 Å². The number of methoxy groups -OCH3 is 1. The number of carbonyl (C=O) groups excluding carboxylic acids is 2. The number of nitrogens with one attached hydrogen (secondary N) is 1. The van der Waals surface area contributed by atoms with Crippen molar-refractivity contribution in [1.29, 1.82) is 0 Å². The van der Waals surface area contributed by atoms with Crippen molar-refractivity contribution in [3.05, 3.63) is 53.6 Å². The van der Waals surface area contributed by atoms with Crippen LogP contribution in [0.3, 0.4) is 0 Å². The van der Waals surface area contributed by atoms with Gasteiger partial charge in [0.15, 0.2) is 6.61 Å². The topological polar surface area (TPSA) is 64.6 Å². The lowest BCUT2D eigenvalue weighted by Gasteiger charge is -2.11. The lowest BCUT2D eigenvalue weighted by Crippen LogP contribution is -2.21. The first-order chi connectivity index (χ1) is 11.5. The Morgan fingerprint density at radius 2 is 1.92 bits per heavy atom. The number of hydrogen-bond donors (Lipinski definition) is 1. The standard InChI is InChI=1S/C18H19NO4S/c1-12-8-9-15(22-2)13(10-12)18(21)23-11-17(20)19-14-6-4-5-7-16(14)24-3/h4-10H,11H2,1-3H3,(H,19,20). The van der Waals surface area contributed by atoms with Crippen molar-refractivity contribution in [2.75, 3.05) is 25.3 Å². The minimum Gasteiger partial charge on any atom is -0.496 e. The van der Waals surface area contributed by atoms with E-state index in [1.807, 2.05) is 37.4 Å². The summed E-state index contributed by atoms with van der Waals surface area (Å²) < 4.78 is 10.2. The fraction of sp³-hybridized carbons (Fsp3) is 0.222. The molecule has 0 atom stereocenters. The van der Waals surface area contributed by atoms with Crippen molar-refractivity contribution in [2.24, 2.45) is 0 Å². The highest BCUT2D eigenvalue weighted by molar-refractivity contribution is 7.98. The third-order valence-electron chi connectivity index (χ3n) is 3.29. The van der Waals surface area contributed by atoms with Crippen molar-refractivity contribution in [3.8, 4) is 5.75 Å². The summed E-state index contributed by atoms with van der Waals surface area (Å²) in [5.74, 6) is -0.570. The zero-order valence-corrected chi connectivity index (χ0v) is 14.6. The van der Waals surface area contributed by atoms with Crippen molar-refractivity contribution in [1.82, 2.24) is 0 Å². The van der Waals surface area contributed by atoms with Crippen LogP contribution in [0.5, 0.6) is 5.75 Å². The number of ether oxygens (including phenoxy) is 2. The van der Waals surface area contributed by atoms with Gasteiger partial charge >= 0.3 is 5.97 Å². The number of hydrogen-bond acceptors (Lipinski definition) is 5. The Morgan fingerprint density at radius 3 is 2.62 bits per heavy atom. The van der Waals surface area contributed by atoms with E-state index >= 15 is 0 Å². The molecule has 0 aliphatic rings. The number of para-hydroxylation sites is 1. The number of esters is 1. The van der Waals surface area contributed by atoms with Crippen molar-refractivity contribution >= 4 is 29.3 Å². The summed E-state index contributed by atoms with van der Waals surface area (Å²) in [6.07, 6.45) is 1.93. The van der Waals surface area contributed by atoms with E-state index in [-0.39, 0.29) is 6.61 Å². The molecule has 0 saturated heterocycles. The molecule has 2 aromatic rings. The van der Waals surface area contributed by atoms with E-state index < -0.39 is 11.9 Å². The van der Waals surface area contributed by atoms with Crippen LogP contribution in [0, 0.1) is 6.92 Å². The largest absolute Gasteiger partial charge is 0.496 e. The summed E-state index contributed by atoms with van der Waals surface area (Å²) in [6.45, 7) is 1.50. The highest BCUT2D eigenvalue weighted by Crippen LogP contribution is 2.24. The first-order valence-corrected chi connectivity index (χ1v) is 8.52. The molecule has 0 heterocycles. The number of benzene rings is 2. The van der Waals surface area contributed by atoms with Gasteiger partial charge in [0.05, 0.1) is 12.8 Å². The molecule has 0 aliphatic heterocycles. The number of aryl methyl sites for hydroxylation is 1. The summed E-state index contributed by atoms with van der Waals surface area (Å²) in [6, 6.07) is 12.6. The Kier molecular flexibility index (Phi) is 6.26. The second kappa shape index (κ2) is 8.40. The van der Waals surface area contributed by atoms with Crippen LogP contribution < -0.4 is 10.1 Å². The fourth-order valence-electron chi connectivity index (χ4n) is 2.12. The van der Waals surface area contributed by atoms with E-state index in [1.165, 1.54) is 18.9 Å². The number of thioether (sulfide) groups is 1. The SMILES string of the molecule is COc1ccc(C)cc1C(=O)OCC(=O)Nc1ccccc1SC. The monoisotopic (exact) mass is 345 g/mol. The maximum absolute atomic E-state index is 12.2. The van der Waals surface area contributed by atoms with Gasteiger partial charge in [0.2, 0.25) is 0 Å². The van der Waals surface area contributed by atoms with Crippen molar-refractivity contribution in [3.63, 3.8) is 0 Å². The summed E-state index contributed by atoms with van der Waals surface area (Å²) in [7, 11) is 1.48. The van der Waals surface area contributed by atoms with Gasteiger partial charge in [-0.15, -0.1) is 11.8 Å². The predicted molar refractivity (Wildman–Crippen MR) is 94.9 cm³/mol. The molecular formula is C18H19NO4S. The number of anilines is 1. The summed E-state index contributed by atoms with van der Waals surface area (Å²) in [5, 5.41) is 2.74. The first kappa shape index (κ1) is 17.9. The first-order valence-electron chi connectivity index (χ1n) is 7.29. The zero-order valence-electron chi connectivity index (χ0n) is 13.8. The summed E-state index contributed by atoms with van der Waals surface area (Å²) in [4.78, 5) is 25.1. The third-order valence-corrected chi connectivity index (χ3v) is 4.09. The quantitative estimate of drug-likeness (QED) is 0.641. The highest BCUT2D eigenvalue weighted by Gasteiger charge is 2.16. The van der Waals surface area contributed by atoms with E-state index in [1.54, 1.807) is 18.2 Å². The van der Waals surface area contributed by atoms with Gasteiger partial charge in [-0.25, -0.2) is 4.79 Å². The minimum atomic E-state index is -0.594. The second-order valence-electron chi connectivity index (χ2n) is 5.03. The fourth-order valence-corrected chi connectivity index (χ4v) is 2.68. The minimum absolute atomic E-state index is 0.301. The third kappa shape index (κ3) is 4.52. The number of rotatable bonds is 6.